The molecular formula is C12H14N2O2S2. The number of fused-ring (bicyclic) bond motifs is 1. The molecule has 0 radical (unpaired) electrons. The van der Waals surface area contributed by atoms with Crippen LogP contribution in [-0.2, 0) is 4.79 Å². The van der Waals surface area contributed by atoms with Crippen molar-refractivity contribution < 1.29 is 9.90 Å². The van der Waals surface area contributed by atoms with Crippen LogP contribution < -0.4 is 5.32 Å². The first kappa shape index (κ1) is 13.3. The van der Waals surface area contributed by atoms with Crippen molar-refractivity contribution in [1.82, 2.24) is 4.98 Å². The van der Waals surface area contributed by atoms with Crippen LogP contribution in [0.3, 0.4) is 0 Å². The molecule has 0 spiro atoms. The zero-order chi connectivity index (χ0) is 12.8. The highest BCUT2D eigenvalue weighted by Crippen LogP contribution is 2.25. The van der Waals surface area contributed by atoms with Gasteiger partial charge in [-0.2, -0.15) is 11.8 Å². The molecule has 0 saturated carbocycles. The van der Waals surface area contributed by atoms with Crippen molar-refractivity contribution >= 4 is 44.4 Å². The zero-order valence-electron chi connectivity index (χ0n) is 9.76. The summed E-state index contributed by atoms with van der Waals surface area (Å²) in [7, 11) is 0. The van der Waals surface area contributed by atoms with Gasteiger partial charge >= 0.3 is 0 Å². The summed E-state index contributed by atoms with van der Waals surface area (Å²) >= 11 is 2.99. The highest BCUT2D eigenvalue weighted by molar-refractivity contribution is 7.99. The Kier molecular flexibility index (Phi) is 4.98. The van der Waals surface area contributed by atoms with Crippen LogP contribution in [0.1, 0.15) is 6.42 Å². The number of aromatic nitrogens is 1. The molecule has 0 aliphatic heterocycles. The molecule has 0 atom stereocenters. The highest BCUT2D eigenvalue weighted by Gasteiger charge is 2.07. The minimum Gasteiger partial charge on any atom is -0.396 e. The maximum Gasteiger partial charge on any atom is 0.236 e. The molecule has 2 N–H and O–H groups in total. The fourth-order valence-corrected chi connectivity index (χ4v) is 3.03. The Hall–Kier alpha value is -1.11. The minimum absolute atomic E-state index is 0.0444. The number of thioether (sulfide) groups is 1. The number of amides is 1. The average Bonchev–Trinajstić information content (AvgIpc) is 2.76. The molecule has 1 aromatic carbocycles. The van der Waals surface area contributed by atoms with Crippen molar-refractivity contribution in [3.63, 3.8) is 0 Å². The lowest BCUT2D eigenvalue weighted by Gasteiger charge is -2.00. The Morgan fingerprint density at radius 1 is 1.44 bits per heavy atom. The number of para-hydroxylation sites is 1. The van der Waals surface area contributed by atoms with Crippen LogP contribution in [0.4, 0.5) is 5.13 Å². The number of benzene rings is 1. The van der Waals surface area contributed by atoms with Crippen LogP contribution in [0.2, 0.25) is 0 Å². The summed E-state index contributed by atoms with van der Waals surface area (Å²) in [5, 5.41) is 12.1. The number of anilines is 1. The molecule has 0 aliphatic carbocycles. The molecule has 1 aromatic heterocycles. The van der Waals surface area contributed by atoms with Gasteiger partial charge in [0.1, 0.15) is 0 Å². The number of nitrogens with one attached hydrogen (secondary N) is 1. The van der Waals surface area contributed by atoms with E-state index in [2.05, 4.69) is 10.3 Å². The number of hydrogen-bond donors (Lipinski definition) is 2. The zero-order valence-corrected chi connectivity index (χ0v) is 11.4. The summed E-state index contributed by atoms with van der Waals surface area (Å²) in [5.41, 5.74) is 0.908. The SMILES string of the molecule is O=C(CSCCCO)Nc1nc2ccccc2s1. The lowest BCUT2D eigenvalue weighted by molar-refractivity contribution is -0.113. The molecule has 0 fully saturated rings. The quantitative estimate of drug-likeness (QED) is 0.798. The van der Waals surface area contributed by atoms with Gasteiger partial charge in [0.15, 0.2) is 5.13 Å². The van der Waals surface area contributed by atoms with Gasteiger partial charge in [-0.1, -0.05) is 23.5 Å². The van der Waals surface area contributed by atoms with Crippen molar-refractivity contribution in [2.75, 3.05) is 23.4 Å². The van der Waals surface area contributed by atoms with Gasteiger partial charge in [0.05, 0.1) is 16.0 Å². The largest absolute Gasteiger partial charge is 0.396 e. The van der Waals surface area contributed by atoms with Crippen molar-refractivity contribution in [1.29, 1.82) is 0 Å². The minimum atomic E-state index is -0.0444. The van der Waals surface area contributed by atoms with Crippen molar-refractivity contribution in [2.45, 2.75) is 6.42 Å². The second-order valence-corrected chi connectivity index (χ2v) is 5.80. The number of aliphatic hydroxyl groups excluding tert-OH is 1. The molecule has 0 bridgehead atoms. The van der Waals surface area contributed by atoms with Crippen LogP contribution in [0.5, 0.6) is 0 Å². The number of rotatable bonds is 6. The molecule has 6 heteroatoms. The summed E-state index contributed by atoms with van der Waals surface area (Å²) in [6, 6.07) is 7.80. The first-order valence-corrected chi connectivity index (χ1v) is 7.61. The van der Waals surface area contributed by atoms with Crippen molar-refractivity contribution in [2.24, 2.45) is 0 Å². The Labute approximate surface area is 113 Å². The van der Waals surface area contributed by atoms with Gasteiger partial charge in [0, 0.05) is 6.61 Å². The van der Waals surface area contributed by atoms with Gasteiger partial charge in [-0.3, -0.25) is 4.79 Å². The van der Waals surface area contributed by atoms with E-state index in [0.717, 1.165) is 22.4 Å². The van der Waals surface area contributed by atoms with Gasteiger partial charge in [0.25, 0.3) is 0 Å². The van der Waals surface area contributed by atoms with Gasteiger partial charge in [0.2, 0.25) is 5.91 Å². The highest BCUT2D eigenvalue weighted by atomic mass is 32.2. The number of hydrogen-bond acceptors (Lipinski definition) is 5. The molecule has 4 nitrogen and oxygen atoms in total. The van der Waals surface area contributed by atoms with Crippen LogP contribution in [-0.4, -0.2) is 34.1 Å². The Morgan fingerprint density at radius 2 is 2.28 bits per heavy atom. The molecule has 0 saturated heterocycles. The lowest BCUT2D eigenvalue weighted by atomic mass is 10.3. The van der Waals surface area contributed by atoms with Gasteiger partial charge in [-0.25, -0.2) is 4.98 Å². The molecule has 1 heterocycles. The first-order chi connectivity index (χ1) is 8.79. The monoisotopic (exact) mass is 282 g/mol. The van der Waals surface area contributed by atoms with E-state index in [1.54, 1.807) is 0 Å². The summed E-state index contributed by atoms with van der Waals surface area (Å²) in [5.74, 6) is 1.15. The predicted octanol–water partition coefficient (Wildman–Crippen LogP) is 2.35. The second kappa shape index (κ2) is 6.72. The standard InChI is InChI=1S/C12H14N2O2S2/c15-6-3-7-17-8-11(16)14-12-13-9-4-1-2-5-10(9)18-12/h1-2,4-5,15H,3,6-8H2,(H,13,14,16). The van der Waals surface area contributed by atoms with E-state index < -0.39 is 0 Å². The third-order valence-electron chi connectivity index (χ3n) is 2.22. The maximum absolute atomic E-state index is 11.6. The Balaban J connectivity index is 1.86. The smallest absolute Gasteiger partial charge is 0.236 e. The molecule has 2 rings (SSSR count). The predicted molar refractivity (Wildman–Crippen MR) is 77.3 cm³/mol. The van der Waals surface area contributed by atoms with Gasteiger partial charge in [-0.05, 0) is 24.3 Å². The van der Waals surface area contributed by atoms with E-state index in [4.69, 9.17) is 5.11 Å². The van der Waals surface area contributed by atoms with Gasteiger partial charge in [-0.15, -0.1) is 0 Å². The topological polar surface area (TPSA) is 62.2 Å². The van der Waals surface area contributed by atoms with E-state index >= 15 is 0 Å². The number of carbonyl (C=O) groups excluding carboxylic acids is 1. The third-order valence-corrected chi connectivity index (χ3v) is 4.22. The van der Waals surface area contributed by atoms with Crippen LogP contribution in [0.15, 0.2) is 24.3 Å². The summed E-state index contributed by atoms with van der Waals surface area (Å²) in [6.07, 6.45) is 0.721. The summed E-state index contributed by atoms with van der Waals surface area (Å²) < 4.78 is 1.07. The maximum atomic E-state index is 11.6. The number of nitrogens with zero attached hydrogens (tertiary/aromatic N) is 1. The third kappa shape index (κ3) is 3.69. The molecule has 0 aliphatic rings. The molecule has 96 valence electrons. The number of thiazole rings is 1. The van der Waals surface area contributed by atoms with E-state index in [-0.39, 0.29) is 12.5 Å². The Morgan fingerprint density at radius 3 is 3.06 bits per heavy atom. The van der Waals surface area contributed by atoms with Crippen molar-refractivity contribution in [3.8, 4) is 0 Å². The molecule has 0 unspecified atom stereocenters. The van der Waals surface area contributed by atoms with E-state index in [1.165, 1.54) is 23.1 Å². The van der Waals surface area contributed by atoms with E-state index in [9.17, 15) is 4.79 Å². The van der Waals surface area contributed by atoms with Crippen LogP contribution >= 0.6 is 23.1 Å². The van der Waals surface area contributed by atoms with E-state index in [0.29, 0.717) is 10.9 Å². The average molecular weight is 282 g/mol. The number of aliphatic hydroxyl groups is 1. The fraction of sp³-hybridized carbons (Fsp3) is 0.333. The number of carbonyl (C=O) groups is 1. The van der Waals surface area contributed by atoms with E-state index in [1.807, 2.05) is 24.3 Å². The van der Waals surface area contributed by atoms with Gasteiger partial charge < -0.3 is 10.4 Å². The molecular weight excluding hydrogens is 268 g/mol. The molecule has 1 amide bonds. The van der Waals surface area contributed by atoms with Crippen LogP contribution in [0, 0.1) is 0 Å². The summed E-state index contributed by atoms with van der Waals surface area (Å²) in [4.78, 5) is 16.0. The lowest BCUT2D eigenvalue weighted by Crippen LogP contribution is -2.14. The normalized spacial score (nSPS) is 10.7. The van der Waals surface area contributed by atoms with Crippen molar-refractivity contribution in [3.05, 3.63) is 24.3 Å². The summed E-state index contributed by atoms with van der Waals surface area (Å²) in [6.45, 7) is 0.173. The first-order valence-electron chi connectivity index (χ1n) is 5.63. The van der Waals surface area contributed by atoms with Crippen LogP contribution in [0.25, 0.3) is 10.2 Å². The Bertz CT molecular complexity index is 495. The molecule has 2 aromatic rings. The fourth-order valence-electron chi connectivity index (χ4n) is 1.41. The second-order valence-electron chi connectivity index (χ2n) is 3.66. The molecule has 18 heavy (non-hydrogen) atoms.